The Balaban J connectivity index is 2.07. The molecule has 31 heavy (non-hydrogen) atoms. The highest BCUT2D eigenvalue weighted by Gasteiger charge is 2.27. The molecule has 0 aliphatic carbocycles. The number of aromatic nitrogens is 1. The highest BCUT2D eigenvalue weighted by atomic mass is 32.2. The van der Waals surface area contributed by atoms with Crippen molar-refractivity contribution in [2.24, 2.45) is 5.92 Å². The monoisotopic (exact) mass is 451 g/mol. The standard InChI is InChI=1S/C20H25N3O7S/c1-3-4-11-30-14(2)18(20(24)25)13-22-31(28,29)17-8-5-15(6-9-17)19-10-7-16(12-21-19)23(26)27/h5-10,12,14,18,22H,3-4,11,13H2,1-2H3,(H,24,25). The van der Waals surface area contributed by atoms with Crippen molar-refractivity contribution in [2.75, 3.05) is 13.2 Å². The third kappa shape index (κ3) is 6.81. The topological polar surface area (TPSA) is 149 Å². The summed E-state index contributed by atoms with van der Waals surface area (Å²) < 4.78 is 33.0. The Labute approximate surface area is 180 Å². The Morgan fingerprint density at radius 1 is 1.26 bits per heavy atom. The van der Waals surface area contributed by atoms with Gasteiger partial charge in [0.15, 0.2) is 0 Å². The third-order valence-corrected chi connectivity index (χ3v) is 6.11. The summed E-state index contributed by atoms with van der Waals surface area (Å²) in [6.45, 7) is 3.69. The van der Waals surface area contributed by atoms with Crippen LogP contribution in [-0.2, 0) is 19.6 Å². The number of nitrogens with one attached hydrogen (secondary N) is 1. The van der Waals surface area contributed by atoms with Crippen molar-refractivity contribution >= 4 is 21.7 Å². The molecule has 1 heterocycles. The number of aliphatic carboxylic acids is 1. The molecule has 2 N–H and O–H groups in total. The SMILES string of the molecule is CCCCOC(C)C(CNS(=O)(=O)c1ccc(-c2ccc([N+](=O)[O-])cn2)cc1)C(=O)O. The minimum atomic E-state index is -3.94. The van der Waals surface area contributed by atoms with Gasteiger partial charge in [0.25, 0.3) is 5.69 Å². The first-order valence-electron chi connectivity index (χ1n) is 9.70. The molecule has 0 fully saturated rings. The Hall–Kier alpha value is -2.89. The van der Waals surface area contributed by atoms with Gasteiger partial charge in [-0.1, -0.05) is 25.5 Å². The molecule has 2 unspecified atom stereocenters. The summed E-state index contributed by atoms with van der Waals surface area (Å²) in [6.07, 6.45) is 2.17. The Morgan fingerprint density at radius 3 is 2.45 bits per heavy atom. The highest BCUT2D eigenvalue weighted by Crippen LogP contribution is 2.21. The van der Waals surface area contributed by atoms with Gasteiger partial charge in [-0.3, -0.25) is 14.9 Å². The molecule has 2 aromatic rings. The summed E-state index contributed by atoms with van der Waals surface area (Å²) in [4.78, 5) is 25.6. The molecule has 1 aromatic heterocycles. The van der Waals surface area contributed by atoms with Crippen LogP contribution >= 0.6 is 0 Å². The highest BCUT2D eigenvalue weighted by molar-refractivity contribution is 7.89. The van der Waals surface area contributed by atoms with E-state index in [1.165, 1.54) is 36.4 Å². The van der Waals surface area contributed by atoms with Crippen LogP contribution in [0, 0.1) is 16.0 Å². The van der Waals surface area contributed by atoms with Crippen LogP contribution in [0.5, 0.6) is 0 Å². The number of rotatable bonds is 12. The smallest absolute Gasteiger partial charge is 0.310 e. The fourth-order valence-corrected chi connectivity index (χ4v) is 3.80. The Kier molecular flexibility index (Phi) is 8.60. The van der Waals surface area contributed by atoms with Gasteiger partial charge in [0, 0.05) is 24.8 Å². The summed E-state index contributed by atoms with van der Waals surface area (Å²) in [7, 11) is -3.94. The van der Waals surface area contributed by atoms with Crippen LogP contribution in [0.1, 0.15) is 26.7 Å². The van der Waals surface area contributed by atoms with Crippen molar-refractivity contribution < 1.29 is 28.0 Å². The predicted molar refractivity (Wildman–Crippen MR) is 113 cm³/mol. The van der Waals surface area contributed by atoms with Crippen LogP contribution in [0.2, 0.25) is 0 Å². The molecule has 168 valence electrons. The number of carboxylic acids is 1. The third-order valence-electron chi connectivity index (χ3n) is 4.67. The number of unbranched alkanes of at least 4 members (excludes halogenated alkanes) is 1. The van der Waals surface area contributed by atoms with Crippen LogP contribution in [0.4, 0.5) is 5.69 Å². The number of carbonyl (C=O) groups is 1. The minimum Gasteiger partial charge on any atom is -0.481 e. The summed E-state index contributed by atoms with van der Waals surface area (Å²) >= 11 is 0. The quantitative estimate of drug-likeness (QED) is 0.284. The van der Waals surface area contributed by atoms with Crippen molar-refractivity contribution in [1.29, 1.82) is 0 Å². The molecule has 11 heteroatoms. The van der Waals surface area contributed by atoms with Gasteiger partial charge in [-0.25, -0.2) is 18.1 Å². The molecule has 0 spiro atoms. The van der Waals surface area contributed by atoms with Crippen LogP contribution in [-0.4, -0.2) is 48.7 Å². The zero-order chi connectivity index (χ0) is 23.0. The lowest BCUT2D eigenvalue weighted by Crippen LogP contribution is -2.39. The van der Waals surface area contributed by atoms with Gasteiger partial charge in [-0.15, -0.1) is 0 Å². The molecular weight excluding hydrogens is 426 g/mol. The second kappa shape index (κ2) is 10.9. The number of hydrogen-bond acceptors (Lipinski definition) is 7. The number of pyridine rings is 1. The first kappa shape index (κ1) is 24.4. The molecule has 0 radical (unpaired) electrons. The van der Waals surface area contributed by atoms with E-state index in [4.69, 9.17) is 4.74 Å². The van der Waals surface area contributed by atoms with E-state index in [1.54, 1.807) is 6.92 Å². The van der Waals surface area contributed by atoms with Crippen molar-refractivity contribution in [2.45, 2.75) is 37.7 Å². The van der Waals surface area contributed by atoms with Gasteiger partial charge >= 0.3 is 5.97 Å². The Bertz CT molecular complexity index is 992. The normalized spacial score (nSPS) is 13.5. The van der Waals surface area contributed by atoms with Crippen LogP contribution in [0.3, 0.4) is 0 Å². The maximum absolute atomic E-state index is 12.6. The largest absolute Gasteiger partial charge is 0.481 e. The second-order valence-corrected chi connectivity index (χ2v) is 8.68. The maximum Gasteiger partial charge on any atom is 0.310 e. The molecule has 2 atom stereocenters. The van der Waals surface area contributed by atoms with Gasteiger partial charge in [0.2, 0.25) is 10.0 Å². The Morgan fingerprint density at radius 2 is 1.94 bits per heavy atom. The number of nitro groups is 1. The van der Waals surface area contributed by atoms with E-state index in [2.05, 4.69) is 9.71 Å². The number of benzene rings is 1. The summed E-state index contributed by atoms with van der Waals surface area (Å²) in [5, 5.41) is 20.1. The molecule has 0 aliphatic heterocycles. The maximum atomic E-state index is 12.6. The molecular formula is C20H25N3O7S. The number of carboxylic acid groups (broad SMARTS) is 1. The van der Waals surface area contributed by atoms with Crippen molar-refractivity contribution in [1.82, 2.24) is 9.71 Å². The zero-order valence-corrected chi connectivity index (χ0v) is 18.0. The van der Waals surface area contributed by atoms with Crippen molar-refractivity contribution in [3.8, 4) is 11.3 Å². The molecule has 0 amide bonds. The molecule has 1 aromatic carbocycles. The van der Waals surface area contributed by atoms with E-state index in [0.717, 1.165) is 19.0 Å². The van der Waals surface area contributed by atoms with E-state index in [-0.39, 0.29) is 17.1 Å². The van der Waals surface area contributed by atoms with Crippen molar-refractivity contribution in [3.05, 3.63) is 52.7 Å². The molecule has 10 nitrogen and oxygen atoms in total. The molecule has 0 aliphatic rings. The minimum absolute atomic E-state index is 0.0399. The van der Waals surface area contributed by atoms with Gasteiger partial charge in [-0.2, -0.15) is 0 Å². The van der Waals surface area contributed by atoms with E-state index in [1.807, 2.05) is 6.92 Å². The molecule has 0 bridgehead atoms. The summed E-state index contributed by atoms with van der Waals surface area (Å²) in [6, 6.07) is 8.54. The number of hydrogen-bond donors (Lipinski definition) is 2. The van der Waals surface area contributed by atoms with E-state index >= 15 is 0 Å². The molecule has 2 rings (SSSR count). The number of ether oxygens (including phenoxy) is 1. The lowest BCUT2D eigenvalue weighted by Gasteiger charge is -2.21. The van der Waals surface area contributed by atoms with Gasteiger partial charge in [-0.05, 0) is 31.5 Å². The van der Waals surface area contributed by atoms with E-state index < -0.39 is 32.9 Å². The molecule has 0 saturated carbocycles. The summed E-state index contributed by atoms with van der Waals surface area (Å²) in [5.74, 6) is -2.18. The zero-order valence-electron chi connectivity index (χ0n) is 17.2. The average molecular weight is 452 g/mol. The van der Waals surface area contributed by atoms with Gasteiger partial charge in [0.1, 0.15) is 6.20 Å². The fourth-order valence-electron chi connectivity index (χ4n) is 2.74. The van der Waals surface area contributed by atoms with Gasteiger partial charge in [0.05, 0.1) is 27.5 Å². The lowest BCUT2D eigenvalue weighted by atomic mass is 10.0. The number of sulfonamides is 1. The van der Waals surface area contributed by atoms with Crippen LogP contribution in [0.25, 0.3) is 11.3 Å². The van der Waals surface area contributed by atoms with Crippen molar-refractivity contribution in [3.63, 3.8) is 0 Å². The van der Waals surface area contributed by atoms with E-state index in [9.17, 15) is 28.4 Å². The van der Waals surface area contributed by atoms with Gasteiger partial charge < -0.3 is 9.84 Å². The first-order valence-corrected chi connectivity index (χ1v) is 11.2. The second-order valence-electron chi connectivity index (χ2n) is 6.91. The lowest BCUT2D eigenvalue weighted by molar-refractivity contribution is -0.385. The number of nitrogens with zero attached hydrogens (tertiary/aromatic N) is 2. The average Bonchev–Trinajstić information content (AvgIpc) is 2.74. The van der Waals surface area contributed by atoms with Crippen LogP contribution in [0.15, 0.2) is 47.5 Å². The molecule has 0 saturated heterocycles. The van der Waals surface area contributed by atoms with Crippen LogP contribution < -0.4 is 4.72 Å². The predicted octanol–water partition coefficient (Wildman–Crippen LogP) is 2.84. The summed E-state index contributed by atoms with van der Waals surface area (Å²) in [5.41, 5.74) is 0.884. The first-order chi connectivity index (χ1) is 14.7. The van der Waals surface area contributed by atoms with E-state index in [0.29, 0.717) is 17.9 Å². The fraction of sp³-hybridized carbons (Fsp3) is 0.400.